The second kappa shape index (κ2) is 6.28. The highest BCUT2D eigenvalue weighted by Crippen LogP contribution is 2.57. The minimum absolute atomic E-state index is 0.976. The summed E-state index contributed by atoms with van der Waals surface area (Å²) in [5, 5.41) is 0. The average Bonchev–Trinajstić information content (AvgIpc) is 3.46. The molecule has 0 saturated carbocycles. The maximum atomic E-state index is 4.57. The van der Waals surface area contributed by atoms with Crippen molar-refractivity contribution in [2.45, 2.75) is 25.7 Å². The molecule has 2 nitrogen and oxygen atoms in total. The summed E-state index contributed by atoms with van der Waals surface area (Å²) in [7, 11) is 0. The average molecular weight is 447 g/mol. The molecule has 0 atom stereocenters. The molecule has 2 aliphatic heterocycles. The van der Waals surface area contributed by atoms with E-state index in [1.54, 1.807) is 0 Å². The summed E-state index contributed by atoms with van der Waals surface area (Å²) in [4.78, 5) is 7.11. The Bertz CT molecular complexity index is 1760. The highest BCUT2D eigenvalue weighted by Gasteiger charge is 2.38. The van der Waals surface area contributed by atoms with Crippen molar-refractivity contribution < 1.29 is 0 Å². The number of hydrogen-bond donors (Lipinski definition) is 0. The Morgan fingerprint density at radius 1 is 0.543 bits per heavy atom. The van der Waals surface area contributed by atoms with E-state index in [1.165, 1.54) is 83.8 Å². The van der Waals surface area contributed by atoms with E-state index in [0.29, 0.717) is 0 Å². The molecule has 0 spiro atoms. The highest BCUT2D eigenvalue weighted by molar-refractivity contribution is 5.98. The van der Waals surface area contributed by atoms with E-state index < -0.39 is 0 Å². The first-order valence-corrected chi connectivity index (χ1v) is 12.6. The fraction of sp³-hybridized carbons (Fsp3) is 0.121. The number of pyridine rings is 1. The zero-order chi connectivity index (χ0) is 22.7. The molecule has 35 heavy (non-hydrogen) atoms. The van der Waals surface area contributed by atoms with Crippen LogP contribution in [0.25, 0.3) is 22.3 Å². The lowest BCUT2D eigenvalue weighted by atomic mass is 9.80. The quantitative estimate of drug-likeness (QED) is 0.240. The van der Waals surface area contributed by atoms with Crippen LogP contribution < -0.4 is 4.90 Å². The molecule has 0 radical (unpaired) electrons. The van der Waals surface area contributed by atoms with Crippen molar-refractivity contribution in [3.05, 3.63) is 130 Å². The zero-order valence-corrected chi connectivity index (χ0v) is 19.3. The van der Waals surface area contributed by atoms with E-state index in [2.05, 4.69) is 88.9 Å². The highest BCUT2D eigenvalue weighted by atomic mass is 15.2. The maximum Gasteiger partial charge on any atom is 0.0680 e. The molecule has 0 bridgehead atoms. The molecule has 4 aromatic carbocycles. The minimum atomic E-state index is 0.976. The van der Waals surface area contributed by atoms with Gasteiger partial charge in [0.15, 0.2) is 0 Å². The standard InChI is InChI=1S/C33H22N2/c1-3-7-25-19(5-1)13-22-9-10-29-27(31(22)25)17-28-32-23(14-20-6-2-4-8-26(20)32)16-24-15-21-11-12-34-18-30(21)35(29)33(24)28/h1-12,16,18H,13-15,17H2. The number of aromatic nitrogens is 1. The summed E-state index contributed by atoms with van der Waals surface area (Å²) in [6.45, 7) is 0. The monoisotopic (exact) mass is 446 g/mol. The Kier molecular flexibility index (Phi) is 3.27. The second-order valence-corrected chi connectivity index (χ2v) is 10.4. The number of rotatable bonds is 0. The van der Waals surface area contributed by atoms with Gasteiger partial charge in [-0.3, -0.25) is 4.98 Å². The van der Waals surface area contributed by atoms with E-state index in [9.17, 15) is 0 Å². The SMILES string of the molecule is c1ccc2c(c1)Cc1ccc3c(c1-2)Cc1c2c(cc4c1N3c1cnccc1C4)Cc1ccccc1-2. The van der Waals surface area contributed by atoms with Crippen LogP contribution in [0.2, 0.25) is 0 Å². The smallest absolute Gasteiger partial charge is 0.0680 e. The minimum Gasteiger partial charge on any atom is -0.308 e. The van der Waals surface area contributed by atoms with Crippen LogP contribution in [0, 0.1) is 0 Å². The largest absolute Gasteiger partial charge is 0.308 e. The Hall–Kier alpha value is -4.17. The Morgan fingerprint density at radius 3 is 2.09 bits per heavy atom. The fourth-order valence-electron chi connectivity index (χ4n) is 7.24. The summed E-state index contributed by atoms with van der Waals surface area (Å²) >= 11 is 0. The molecule has 3 heterocycles. The van der Waals surface area contributed by atoms with Crippen molar-refractivity contribution in [2.75, 3.05) is 4.90 Å². The van der Waals surface area contributed by atoms with E-state index in [1.807, 2.05) is 6.20 Å². The first-order valence-electron chi connectivity index (χ1n) is 12.6. The maximum absolute atomic E-state index is 4.57. The summed E-state index contributed by atoms with van der Waals surface area (Å²) in [5.41, 5.74) is 21.4. The van der Waals surface area contributed by atoms with Crippen molar-refractivity contribution in [3.63, 3.8) is 0 Å². The van der Waals surface area contributed by atoms with E-state index in [4.69, 9.17) is 0 Å². The van der Waals surface area contributed by atoms with Gasteiger partial charge in [-0.2, -0.15) is 0 Å². The van der Waals surface area contributed by atoms with Gasteiger partial charge in [-0.15, -0.1) is 0 Å². The molecule has 9 rings (SSSR count). The topological polar surface area (TPSA) is 16.1 Å². The van der Waals surface area contributed by atoms with Crippen molar-refractivity contribution in [3.8, 4) is 22.3 Å². The van der Waals surface area contributed by atoms with Crippen LogP contribution >= 0.6 is 0 Å². The van der Waals surface area contributed by atoms with Gasteiger partial charge in [-0.05, 0) is 91.7 Å². The van der Waals surface area contributed by atoms with Crippen molar-refractivity contribution in [1.29, 1.82) is 0 Å². The number of hydrogen-bond acceptors (Lipinski definition) is 2. The number of anilines is 3. The van der Waals surface area contributed by atoms with Crippen LogP contribution in [0.3, 0.4) is 0 Å². The third-order valence-corrected chi connectivity index (χ3v) is 8.60. The molecule has 4 aliphatic rings. The molecule has 2 heteroatoms. The summed E-state index contributed by atoms with van der Waals surface area (Å²) in [6, 6.07) is 27.4. The third kappa shape index (κ3) is 2.23. The van der Waals surface area contributed by atoms with Crippen LogP contribution in [0.1, 0.15) is 44.5 Å². The summed E-state index contributed by atoms with van der Waals surface area (Å²) in [5.74, 6) is 0. The molecular formula is C33H22N2. The van der Waals surface area contributed by atoms with Gasteiger partial charge < -0.3 is 4.90 Å². The van der Waals surface area contributed by atoms with E-state index in [0.717, 1.165) is 25.7 Å². The predicted molar refractivity (Wildman–Crippen MR) is 141 cm³/mol. The predicted octanol–water partition coefficient (Wildman–Crippen LogP) is 7.50. The normalized spacial score (nSPS) is 14.9. The Labute approximate surface area is 204 Å². The third-order valence-electron chi connectivity index (χ3n) is 8.60. The van der Waals surface area contributed by atoms with Crippen LogP contribution in [0.4, 0.5) is 17.1 Å². The second-order valence-electron chi connectivity index (χ2n) is 10.4. The van der Waals surface area contributed by atoms with Crippen molar-refractivity contribution >= 4 is 17.1 Å². The number of benzene rings is 4. The van der Waals surface area contributed by atoms with E-state index >= 15 is 0 Å². The van der Waals surface area contributed by atoms with Gasteiger partial charge in [0.2, 0.25) is 0 Å². The lowest BCUT2D eigenvalue weighted by Gasteiger charge is -2.41. The molecule has 0 unspecified atom stereocenters. The van der Waals surface area contributed by atoms with Crippen LogP contribution in [0.15, 0.2) is 85.2 Å². The zero-order valence-electron chi connectivity index (χ0n) is 19.3. The molecule has 0 amide bonds. The molecule has 1 aromatic heterocycles. The first kappa shape index (κ1) is 18.2. The van der Waals surface area contributed by atoms with Gasteiger partial charge in [0.25, 0.3) is 0 Å². The van der Waals surface area contributed by atoms with Gasteiger partial charge in [0, 0.05) is 19.0 Å². The lowest BCUT2D eigenvalue weighted by Crippen LogP contribution is -2.26. The van der Waals surface area contributed by atoms with Gasteiger partial charge in [0.05, 0.1) is 23.3 Å². The summed E-state index contributed by atoms with van der Waals surface area (Å²) < 4.78 is 0. The molecular weight excluding hydrogens is 424 g/mol. The molecule has 5 aromatic rings. The molecule has 164 valence electrons. The Balaban J connectivity index is 1.40. The molecule has 0 saturated heterocycles. The van der Waals surface area contributed by atoms with Gasteiger partial charge in [-0.25, -0.2) is 0 Å². The van der Waals surface area contributed by atoms with Gasteiger partial charge >= 0.3 is 0 Å². The van der Waals surface area contributed by atoms with E-state index in [-0.39, 0.29) is 0 Å². The summed E-state index contributed by atoms with van der Waals surface area (Å²) in [6.07, 6.45) is 8.04. The van der Waals surface area contributed by atoms with Crippen LogP contribution in [-0.2, 0) is 25.7 Å². The number of fused-ring (bicyclic) bond motifs is 12. The molecule has 0 fully saturated rings. The Morgan fingerprint density at radius 2 is 1.26 bits per heavy atom. The fourth-order valence-corrected chi connectivity index (χ4v) is 7.24. The van der Waals surface area contributed by atoms with Crippen LogP contribution in [0.5, 0.6) is 0 Å². The first-order chi connectivity index (χ1) is 17.3. The number of nitrogens with zero attached hydrogens (tertiary/aromatic N) is 2. The molecule has 2 aliphatic carbocycles. The van der Waals surface area contributed by atoms with Gasteiger partial charge in [-0.1, -0.05) is 60.7 Å². The molecule has 0 N–H and O–H groups in total. The van der Waals surface area contributed by atoms with Gasteiger partial charge in [0.1, 0.15) is 0 Å². The van der Waals surface area contributed by atoms with Crippen LogP contribution in [-0.4, -0.2) is 4.98 Å². The lowest BCUT2D eigenvalue weighted by molar-refractivity contribution is 0.997. The van der Waals surface area contributed by atoms with Crippen molar-refractivity contribution in [1.82, 2.24) is 4.98 Å². The van der Waals surface area contributed by atoms with Crippen molar-refractivity contribution in [2.24, 2.45) is 0 Å².